The Hall–Kier alpha value is -1.65. The molecule has 0 saturated carbocycles. The van der Waals surface area contributed by atoms with Gasteiger partial charge in [-0.1, -0.05) is 6.92 Å². The molecule has 1 heterocycles. The maximum atomic E-state index is 12.0. The van der Waals surface area contributed by atoms with Crippen LogP contribution < -0.4 is 0 Å². The molecule has 1 unspecified atom stereocenters. The van der Waals surface area contributed by atoms with Crippen LogP contribution in [0.5, 0.6) is 0 Å². The highest BCUT2D eigenvalue weighted by Crippen LogP contribution is 2.10. The van der Waals surface area contributed by atoms with Crippen molar-refractivity contribution in [3.8, 4) is 0 Å². The number of hydrogen-bond acceptors (Lipinski definition) is 4. The molecular weight excluding hydrogens is 220 g/mol. The third kappa shape index (κ3) is 3.41. The van der Waals surface area contributed by atoms with Gasteiger partial charge in [-0.3, -0.25) is 9.59 Å². The second-order valence-corrected chi connectivity index (χ2v) is 4.09. The molecule has 17 heavy (non-hydrogen) atoms. The minimum atomic E-state index is -0.424. The summed E-state index contributed by atoms with van der Waals surface area (Å²) in [7, 11) is 0. The summed E-state index contributed by atoms with van der Waals surface area (Å²) in [4.78, 5) is 23.3. The Kier molecular flexibility index (Phi) is 4.43. The number of carbonyl (C=O) groups is 2. The van der Waals surface area contributed by atoms with Crippen LogP contribution in [0.2, 0.25) is 0 Å². The molecule has 0 fully saturated rings. The van der Waals surface area contributed by atoms with E-state index in [0.717, 1.165) is 11.4 Å². The molecule has 0 aromatic carbocycles. The number of hydrogen-bond donors (Lipinski definition) is 0. The van der Waals surface area contributed by atoms with E-state index >= 15 is 0 Å². The molecule has 0 bridgehead atoms. The minimum absolute atomic E-state index is 0.0883. The fourth-order valence-corrected chi connectivity index (χ4v) is 1.62. The molecule has 1 aromatic heterocycles. The van der Waals surface area contributed by atoms with E-state index in [9.17, 15) is 9.59 Å². The summed E-state index contributed by atoms with van der Waals surface area (Å²) in [5.74, 6) is -0.953. The SMILES string of the molecule is CCOC(=O)CC(C)C(=O)n1nc(C)cc1C. The number of esters is 1. The average Bonchev–Trinajstić information content (AvgIpc) is 2.56. The van der Waals surface area contributed by atoms with Gasteiger partial charge in [0.1, 0.15) is 0 Å². The van der Waals surface area contributed by atoms with Crippen molar-refractivity contribution in [2.24, 2.45) is 5.92 Å². The van der Waals surface area contributed by atoms with Gasteiger partial charge < -0.3 is 4.74 Å². The van der Waals surface area contributed by atoms with E-state index in [-0.39, 0.29) is 18.3 Å². The monoisotopic (exact) mass is 238 g/mol. The number of nitrogens with zero attached hydrogens (tertiary/aromatic N) is 2. The molecule has 1 rings (SSSR count). The van der Waals surface area contributed by atoms with Crippen LogP contribution in [0, 0.1) is 19.8 Å². The third-order valence-electron chi connectivity index (χ3n) is 2.42. The standard InChI is InChI=1S/C12H18N2O3/c1-5-17-11(15)6-8(2)12(16)14-10(4)7-9(3)13-14/h7-8H,5-6H2,1-4H3. The van der Waals surface area contributed by atoms with Crippen LogP contribution in [0.4, 0.5) is 0 Å². The van der Waals surface area contributed by atoms with Crippen molar-refractivity contribution >= 4 is 11.9 Å². The van der Waals surface area contributed by atoms with Crippen molar-refractivity contribution in [1.29, 1.82) is 0 Å². The van der Waals surface area contributed by atoms with Crippen LogP contribution in [0.3, 0.4) is 0 Å². The van der Waals surface area contributed by atoms with Crippen molar-refractivity contribution in [2.45, 2.75) is 34.1 Å². The molecule has 1 aromatic rings. The lowest BCUT2D eigenvalue weighted by Gasteiger charge is -2.10. The largest absolute Gasteiger partial charge is 0.466 e. The second kappa shape index (κ2) is 5.61. The van der Waals surface area contributed by atoms with Gasteiger partial charge in [-0.25, -0.2) is 4.68 Å². The van der Waals surface area contributed by atoms with Crippen molar-refractivity contribution in [1.82, 2.24) is 9.78 Å². The first-order valence-corrected chi connectivity index (χ1v) is 5.68. The zero-order chi connectivity index (χ0) is 13.0. The van der Waals surface area contributed by atoms with E-state index in [4.69, 9.17) is 4.74 Å². The number of aryl methyl sites for hydroxylation is 2. The molecule has 0 aliphatic rings. The summed E-state index contributed by atoms with van der Waals surface area (Å²) >= 11 is 0. The van der Waals surface area contributed by atoms with Crippen molar-refractivity contribution in [3.05, 3.63) is 17.5 Å². The van der Waals surface area contributed by atoms with E-state index in [1.807, 2.05) is 19.9 Å². The van der Waals surface area contributed by atoms with Crippen LogP contribution in [-0.2, 0) is 9.53 Å². The summed E-state index contributed by atoms with van der Waals surface area (Å²) in [6.07, 6.45) is 0.0883. The molecule has 5 nitrogen and oxygen atoms in total. The molecule has 0 amide bonds. The van der Waals surface area contributed by atoms with Crippen molar-refractivity contribution < 1.29 is 14.3 Å². The smallest absolute Gasteiger partial charge is 0.306 e. The zero-order valence-electron chi connectivity index (χ0n) is 10.7. The number of rotatable bonds is 4. The fraction of sp³-hybridized carbons (Fsp3) is 0.583. The summed E-state index contributed by atoms with van der Waals surface area (Å²) < 4.78 is 6.16. The highest BCUT2D eigenvalue weighted by Gasteiger charge is 2.21. The molecule has 1 atom stereocenters. The molecule has 0 N–H and O–H groups in total. The van der Waals surface area contributed by atoms with E-state index < -0.39 is 5.92 Å². The topological polar surface area (TPSA) is 61.2 Å². The van der Waals surface area contributed by atoms with Gasteiger partial charge in [-0.2, -0.15) is 5.10 Å². The van der Waals surface area contributed by atoms with E-state index in [0.29, 0.717) is 6.61 Å². The predicted molar refractivity (Wildman–Crippen MR) is 62.7 cm³/mol. The van der Waals surface area contributed by atoms with Crippen LogP contribution >= 0.6 is 0 Å². The first kappa shape index (κ1) is 13.4. The van der Waals surface area contributed by atoms with E-state index in [1.165, 1.54) is 4.68 Å². The van der Waals surface area contributed by atoms with Gasteiger partial charge in [-0.05, 0) is 26.8 Å². The third-order valence-corrected chi connectivity index (χ3v) is 2.42. The summed E-state index contributed by atoms with van der Waals surface area (Å²) in [5, 5.41) is 4.10. The van der Waals surface area contributed by atoms with Crippen molar-refractivity contribution in [3.63, 3.8) is 0 Å². The van der Waals surface area contributed by atoms with Gasteiger partial charge in [0.25, 0.3) is 5.91 Å². The van der Waals surface area contributed by atoms with E-state index in [2.05, 4.69) is 5.10 Å². The predicted octanol–water partition coefficient (Wildman–Crippen LogP) is 1.73. The van der Waals surface area contributed by atoms with Gasteiger partial charge >= 0.3 is 5.97 Å². The Balaban J connectivity index is 2.70. The minimum Gasteiger partial charge on any atom is -0.466 e. The average molecular weight is 238 g/mol. The Labute approximate surface area is 101 Å². The first-order valence-electron chi connectivity index (χ1n) is 5.68. The molecule has 94 valence electrons. The summed E-state index contributed by atoms with van der Waals surface area (Å²) in [6, 6.07) is 1.83. The Morgan fingerprint density at radius 2 is 2.12 bits per heavy atom. The number of ether oxygens (including phenoxy) is 1. The first-order chi connectivity index (χ1) is 7.95. The van der Waals surface area contributed by atoms with Crippen LogP contribution in [-0.4, -0.2) is 28.3 Å². The lowest BCUT2D eigenvalue weighted by molar-refractivity contribution is -0.143. The summed E-state index contributed by atoms with van der Waals surface area (Å²) in [6.45, 7) is 7.42. The second-order valence-electron chi connectivity index (χ2n) is 4.09. The van der Waals surface area contributed by atoms with E-state index in [1.54, 1.807) is 13.8 Å². The van der Waals surface area contributed by atoms with Crippen LogP contribution in [0.15, 0.2) is 6.07 Å². The van der Waals surface area contributed by atoms with Gasteiger partial charge in [-0.15, -0.1) is 0 Å². The molecule has 0 spiro atoms. The lowest BCUT2D eigenvalue weighted by Crippen LogP contribution is -2.24. The normalized spacial score (nSPS) is 12.2. The van der Waals surface area contributed by atoms with Crippen LogP contribution in [0.25, 0.3) is 0 Å². The Bertz CT molecular complexity index is 423. The maximum Gasteiger partial charge on any atom is 0.306 e. The van der Waals surface area contributed by atoms with Gasteiger partial charge in [0, 0.05) is 11.6 Å². The lowest BCUT2D eigenvalue weighted by atomic mass is 10.1. The molecule has 0 saturated heterocycles. The fourth-order valence-electron chi connectivity index (χ4n) is 1.62. The molecule has 0 aliphatic heterocycles. The Morgan fingerprint density at radius 1 is 1.47 bits per heavy atom. The highest BCUT2D eigenvalue weighted by molar-refractivity contribution is 5.85. The van der Waals surface area contributed by atoms with Gasteiger partial charge in [0.05, 0.1) is 18.7 Å². The van der Waals surface area contributed by atoms with Crippen LogP contribution in [0.1, 0.15) is 36.5 Å². The Morgan fingerprint density at radius 3 is 2.59 bits per heavy atom. The van der Waals surface area contributed by atoms with Gasteiger partial charge in [0.15, 0.2) is 0 Å². The molecule has 5 heteroatoms. The number of aromatic nitrogens is 2. The maximum absolute atomic E-state index is 12.0. The van der Waals surface area contributed by atoms with Crippen molar-refractivity contribution in [2.75, 3.05) is 6.61 Å². The zero-order valence-corrected chi connectivity index (χ0v) is 10.7. The highest BCUT2D eigenvalue weighted by atomic mass is 16.5. The van der Waals surface area contributed by atoms with Gasteiger partial charge in [0.2, 0.25) is 0 Å². The number of carbonyl (C=O) groups excluding carboxylic acids is 2. The summed E-state index contributed by atoms with van der Waals surface area (Å²) in [5.41, 5.74) is 1.57. The quantitative estimate of drug-likeness (QED) is 0.749. The molecule has 0 aliphatic carbocycles. The molecule has 0 radical (unpaired) electrons. The molecular formula is C12H18N2O3.